The van der Waals surface area contributed by atoms with Crippen LogP contribution in [0.4, 0.5) is 0 Å². The van der Waals surface area contributed by atoms with Crippen molar-refractivity contribution in [2.24, 2.45) is 0 Å². The van der Waals surface area contributed by atoms with E-state index in [-0.39, 0.29) is 11.5 Å². The Bertz CT molecular complexity index is 637. The van der Waals surface area contributed by atoms with Crippen molar-refractivity contribution < 1.29 is 29.5 Å². The fourth-order valence-electron chi connectivity index (χ4n) is 3.99. The summed E-state index contributed by atoms with van der Waals surface area (Å²) in [5.41, 5.74) is 2.40. The second-order valence-corrected chi connectivity index (χ2v) is 10.2. The van der Waals surface area contributed by atoms with Crippen molar-refractivity contribution in [2.45, 2.75) is 65.3 Å². The highest BCUT2D eigenvalue weighted by molar-refractivity contribution is 5.41. The van der Waals surface area contributed by atoms with Crippen LogP contribution in [0.1, 0.15) is 45.7 Å². The Kier molecular flexibility index (Phi) is 9.57. The second-order valence-electron chi connectivity index (χ2n) is 10.2. The van der Waals surface area contributed by atoms with Crippen molar-refractivity contribution in [1.82, 2.24) is 0 Å². The minimum atomic E-state index is -0.485. The van der Waals surface area contributed by atoms with E-state index in [9.17, 15) is 10.2 Å². The standard InChI is InChI=1S/C24H42N2O4/c1-18(2)29-16-20(27)14-25-9-11-26(12-10-25)15-21(28)17-30-23-8-7-19(3)13-22(23)24(4,5)6/h7-8,13,18,20-21,27-28H,9-12,14-17H2,1-6H3/p+2/t20-,21-/m1/s1. The van der Waals surface area contributed by atoms with Gasteiger partial charge >= 0.3 is 0 Å². The van der Waals surface area contributed by atoms with Crippen LogP contribution in [0.2, 0.25) is 0 Å². The molecule has 6 heteroatoms. The van der Waals surface area contributed by atoms with Gasteiger partial charge in [0.15, 0.2) is 0 Å². The van der Waals surface area contributed by atoms with Crippen molar-refractivity contribution >= 4 is 0 Å². The van der Waals surface area contributed by atoms with Crippen LogP contribution < -0.4 is 14.5 Å². The lowest BCUT2D eigenvalue weighted by Gasteiger charge is -2.32. The molecule has 2 rings (SSSR count). The van der Waals surface area contributed by atoms with E-state index >= 15 is 0 Å². The van der Waals surface area contributed by atoms with Crippen LogP contribution in [0.15, 0.2) is 18.2 Å². The molecule has 0 bridgehead atoms. The average Bonchev–Trinajstić information content (AvgIpc) is 2.66. The molecule has 0 aliphatic carbocycles. The Labute approximate surface area is 182 Å². The number of nitrogens with one attached hydrogen (secondary N) is 2. The van der Waals surface area contributed by atoms with Gasteiger partial charge in [-0.15, -0.1) is 0 Å². The molecule has 0 amide bonds. The molecule has 1 fully saturated rings. The summed E-state index contributed by atoms with van der Waals surface area (Å²) in [6.07, 6.45) is -0.741. The van der Waals surface area contributed by atoms with E-state index in [4.69, 9.17) is 9.47 Å². The van der Waals surface area contributed by atoms with E-state index in [0.29, 0.717) is 19.8 Å². The number of rotatable bonds is 10. The summed E-state index contributed by atoms with van der Waals surface area (Å²) in [5.74, 6) is 0.869. The summed E-state index contributed by atoms with van der Waals surface area (Å²) in [7, 11) is 0. The Morgan fingerprint density at radius 3 is 1.97 bits per heavy atom. The molecule has 0 aromatic heterocycles. The van der Waals surface area contributed by atoms with Crippen molar-refractivity contribution in [3.05, 3.63) is 29.3 Å². The molecule has 2 atom stereocenters. The number of hydrogen-bond donors (Lipinski definition) is 4. The zero-order valence-electron chi connectivity index (χ0n) is 19.8. The van der Waals surface area contributed by atoms with Crippen LogP contribution in [-0.4, -0.2) is 81.0 Å². The predicted molar refractivity (Wildman–Crippen MR) is 120 cm³/mol. The van der Waals surface area contributed by atoms with E-state index in [2.05, 4.69) is 39.8 Å². The molecule has 0 unspecified atom stereocenters. The lowest BCUT2D eigenvalue weighted by molar-refractivity contribution is -1.01. The van der Waals surface area contributed by atoms with Crippen LogP contribution >= 0.6 is 0 Å². The topological polar surface area (TPSA) is 67.8 Å². The van der Waals surface area contributed by atoms with Gasteiger partial charge in [-0.25, -0.2) is 0 Å². The van der Waals surface area contributed by atoms with E-state index in [1.165, 1.54) is 20.9 Å². The summed E-state index contributed by atoms with van der Waals surface area (Å²) in [4.78, 5) is 2.82. The van der Waals surface area contributed by atoms with Crippen molar-refractivity contribution in [3.63, 3.8) is 0 Å². The third-order valence-corrected chi connectivity index (χ3v) is 5.71. The lowest BCUT2D eigenvalue weighted by Crippen LogP contribution is -3.29. The van der Waals surface area contributed by atoms with E-state index in [0.717, 1.165) is 38.5 Å². The summed E-state index contributed by atoms with van der Waals surface area (Å²) in [6.45, 7) is 18.8. The SMILES string of the molecule is Cc1ccc(OC[C@H](O)C[NH+]2CC[NH+](C[C@@H](O)COC(C)C)CC2)c(C(C)(C)C)c1. The number of hydrogen-bond acceptors (Lipinski definition) is 4. The molecule has 30 heavy (non-hydrogen) atoms. The molecule has 6 nitrogen and oxygen atoms in total. The molecule has 1 heterocycles. The van der Waals surface area contributed by atoms with Crippen LogP contribution in [0, 0.1) is 6.92 Å². The highest BCUT2D eigenvalue weighted by Gasteiger charge is 2.27. The van der Waals surface area contributed by atoms with E-state index in [1.807, 2.05) is 19.9 Å². The predicted octanol–water partition coefficient (Wildman–Crippen LogP) is -0.398. The Balaban J connectivity index is 1.74. The highest BCUT2D eigenvalue weighted by Crippen LogP contribution is 2.32. The van der Waals surface area contributed by atoms with Gasteiger partial charge in [0.1, 0.15) is 63.8 Å². The monoisotopic (exact) mass is 424 g/mol. The molecule has 1 saturated heterocycles. The molecule has 1 aromatic carbocycles. The van der Waals surface area contributed by atoms with Gasteiger partial charge in [0, 0.05) is 0 Å². The van der Waals surface area contributed by atoms with Gasteiger partial charge in [0.05, 0.1) is 12.7 Å². The molecule has 1 aliphatic heterocycles. The maximum Gasteiger partial charge on any atom is 0.137 e. The second kappa shape index (κ2) is 11.4. The van der Waals surface area contributed by atoms with Crippen LogP contribution in [-0.2, 0) is 10.2 Å². The van der Waals surface area contributed by atoms with Crippen LogP contribution in [0.5, 0.6) is 5.75 Å². The van der Waals surface area contributed by atoms with Gasteiger partial charge in [-0.05, 0) is 37.8 Å². The Hall–Kier alpha value is -1.18. The Morgan fingerprint density at radius 2 is 1.47 bits per heavy atom. The molecule has 1 aromatic rings. The number of aliphatic hydroxyl groups excluding tert-OH is 2. The third-order valence-electron chi connectivity index (χ3n) is 5.71. The first-order valence-electron chi connectivity index (χ1n) is 11.4. The van der Waals surface area contributed by atoms with Gasteiger partial charge in [-0.3, -0.25) is 0 Å². The summed E-state index contributed by atoms with van der Waals surface area (Å²) < 4.78 is 11.5. The molecule has 0 radical (unpaired) electrons. The normalized spacial score (nSPS) is 22.2. The molecule has 172 valence electrons. The minimum absolute atomic E-state index is 0.00142. The Morgan fingerprint density at radius 1 is 0.933 bits per heavy atom. The van der Waals surface area contributed by atoms with Crippen molar-refractivity contribution in [2.75, 3.05) is 52.5 Å². The van der Waals surface area contributed by atoms with Gasteiger partial charge in [0.2, 0.25) is 0 Å². The van der Waals surface area contributed by atoms with Crippen molar-refractivity contribution in [3.8, 4) is 5.75 Å². The maximum absolute atomic E-state index is 10.5. The fraction of sp³-hybridized carbons (Fsp3) is 0.750. The highest BCUT2D eigenvalue weighted by atomic mass is 16.5. The first kappa shape index (κ1) is 25.1. The van der Waals surface area contributed by atoms with Crippen LogP contribution in [0.3, 0.4) is 0 Å². The lowest BCUT2D eigenvalue weighted by atomic mass is 9.85. The number of aliphatic hydroxyl groups is 2. The number of piperazine rings is 1. The quantitative estimate of drug-likeness (QED) is 0.413. The molecular formula is C24H44N2O4+2. The summed E-state index contributed by atoms with van der Waals surface area (Å²) >= 11 is 0. The van der Waals surface area contributed by atoms with Crippen molar-refractivity contribution in [1.29, 1.82) is 0 Å². The molecule has 1 aliphatic rings. The first-order chi connectivity index (χ1) is 14.0. The van der Waals surface area contributed by atoms with Gasteiger partial charge < -0.3 is 29.5 Å². The molecule has 0 saturated carbocycles. The first-order valence-corrected chi connectivity index (χ1v) is 11.4. The smallest absolute Gasteiger partial charge is 0.137 e. The molecule has 4 N–H and O–H groups in total. The van der Waals surface area contributed by atoms with Gasteiger partial charge in [0.25, 0.3) is 0 Å². The number of ether oxygens (including phenoxy) is 2. The van der Waals surface area contributed by atoms with Crippen LogP contribution in [0.25, 0.3) is 0 Å². The fourth-order valence-corrected chi connectivity index (χ4v) is 3.99. The van der Waals surface area contributed by atoms with Gasteiger partial charge in [-0.2, -0.15) is 0 Å². The number of aryl methyl sites for hydroxylation is 1. The largest absolute Gasteiger partial charge is 0.490 e. The summed E-state index contributed by atoms with van der Waals surface area (Å²) in [5, 5.41) is 20.7. The van der Waals surface area contributed by atoms with E-state index in [1.54, 1.807) is 0 Å². The maximum atomic E-state index is 10.5. The number of benzene rings is 1. The molecular weight excluding hydrogens is 380 g/mol. The average molecular weight is 425 g/mol. The number of quaternary nitrogens is 2. The zero-order valence-corrected chi connectivity index (χ0v) is 19.8. The third kappa shape index (κ3) is 8.52. The zero-order chi connectivity index (χ0) is 22.3. The van der Waals surface area contributed by atoms with E-state index < -0.39 is 12.2 Å². The summed E-state index contributed by atoms with van der Waals surface area (Å²) in [6, 6.07) is 6.26. The van der Waals surface area contributed by atoms with Gasteiger partial charge in [-0.1, -0.05) is 38.5 Å². The minimum Gasteiger partial charge on any atom is -0.490 e. The molecule has 0 spiro atoms.